The van der Waals surface area contributed by atoms with Gasteiger partial charge in [-0.05, 0) is 0 Å². The first-order valence-electron chi connectivity index (χ1n) is 7.08. The van der Waals surface area contributed by atoms with Gasteiger partial charge in [-0.3, -0.25) is 0 Å². The number of hydrogen-bond donors (Lipinski definition) is 10. The summed E-state index contributed by atoms with van der Waals surface area (Å²) in [5.74, 6) is 3.09. The highest BCUT2D eigenvalue weighted by Crippen LogP contribution is 2.33. The summed E-state index contributed by atoms with van der Waals surface area (Å²) in [4.78, 5) is 0. The van der Waals surface area contributed by atoms with Crippen molar-refractivity contribution in [2.24, 2.45) is 0 Å². The second-order valence-electron chi connectivity index (χ2n) is 5.17. The number of rotatable bonds is 13. The molecular weight excluding hydrogens is 529 g/mol. The molecule has 0 aliphatic carbocycles. The van der Waals surface area contributed by atoms with Gasteiger partial charge < -0.3 is 0 Å². The molecule has 0 aromatic heterocycles. The summed E-state index contributed by atoms with van der Waals surface area (Å²) >= 11 is 45.2. The van der Waals surface area contributed by atoms with Crippen LogP contribution in [0.2, 0.25) is 0 Å². The Morgan fingerprint density at radius 1 is 0.458 bits per heavy atom. The maximum Gasteiger partial charge on any atom is 0.0269 e. The Morgan fingerprint density at radius 2 is 0.708 bits per heavy atom. The predicted octanol–water partition coefficient (Wildman–Crippen LogP) is 4.61. The van der Waals surface area contributed by atoms with E-state index in [4.69, 9.17) is 0 Å². The van der Waals surface area contributed by atoms with Gasteiger partial charge in [0.25, 0.3) is 0 Å². The van der Waals surface area contributed by atoms with E-state index in [1.807, 2.05) is 0 Å². The fourth-order valence-corrected chi connectivity index (χ4v) is 8.56. The third-order valence-corrected chi connectivity index (χ3v) is 13.7. The quantitative estimate of drug-likeness (QED) is 0.0917. The molecule has 0 fully saturated rings. The third kappa shape index (κ3) is 10.8. The molecule has 0 rings (SSSR count). The lowest BCUT2D eigenvalue weighted by Crippen LogP contribution is -2.35. The van der Waals surface area contributed by atoms with Crippen LogP contribution in [0.1, 0.15) is 0 Å². The molecule has 0 saturated heterocycles. The average molecular weight is 555 g/mol. The summed E-state index contributed by atoms with van der Waals surface area (Å²) in [5, 5.41) is 0.712. The van der Waals surface area contributed by atoms with Gasteiger partial charge in [-0.1, -0.05) is 21.6 Å². The molecule has 0 bridgehead atoms. The first-order valence-corrected chi connectivity index (χ1v) is 15.0. The fourth-order valence-electron chi connectivity index (χ4n) is 1.56. The van der Waals surface area contributed by atoms with Crippen LogP contribution >= 0.6 is 148 Å². The van der Waals surface area contributed by atoms with Crippen molar-refractivity contribution in [3.8, 4) is 0 Å². The SMILES string of the molecule is SCC(S)C(S)C(S)C(S)CSSCC(S)C(S)C(S)C(S)CS. The Kier molecular flexibility index (Phi) is 18.8. The molecular formula is C12H26S12. The van der Waals surface area contributed by atoms with Crippen molar-refractivity contribution in [2.75, 3.05) is 23.0 Å². The zero-order valence-electron chi connectivity index (χ0n) is 12.7. The Bertz CT molecular complexity index is 288. The molecule has 12 heteroatoms. The average Bonchev–Trinajstić information content (AvgIpc) is 2.60. The molecule has 0 radical (unpaired) electrons. The van der Waals surface area contributed by atoms with Crippen molar-refractivity contribution in [2.45, 2.75) is 42.0 Å². The van der Waals surface area contributed by atoms with E-state index in [9.17, 15) is 0 Å². The van der Waals surface area contributed by atoms with Gasteiger partial charge in [0.1, 0.15) is 0 Å². The van der Waals surface area contributed by atoms with Crippen molar-refractivity contribution in [3.63, 3.8) is 0 Å². The van der Waals surface area contributed by atoms with Crippen LogP contribution in [-0.2, 0) is 0 Å². The van der Waals surface area contributed by atoms with Gasteiger partial charge in [-0.2, -0.15) is 126 Å². The van der Waals surface area contributed by atoms with Gasteiger partial charge in [-0.25, -0.2) is 0 Å². The van der Waals surface area contributed by atoms with Gasteiger partial charge in [0, 0.05) is 65.0 Å². The molecule has 0 aromatic carbocycles. The monoisotopic (exact) mass is 554 g/mol. The van der Waals surface area contributed by atoms with Gasteiger partial charge in [0.2, 0.25) is 0 Å². The van der Waals surface area contributed by atoms with Crippen LogP contribution in [-0.4, -0.2) is 65.0 Å². The van der Waals surface area contributed by atoms with Crippen molar-refractivity contribution in [1.82, 2.24) is 0 Å². The molecule has 24 heavy (non-hydrogen) atoms. The van der Waals surface area contributed by atoms with Crippen molar-refractivity contribution >= 4 is 148 Å². The van der Waals surface area contributed by atoms with E-state index in [0.717, 1.165) is 11.5 Å². The van der Waals surface area contributed by atoms with E-state index < -0.39 is 0 Å². The lowest BCUT2D eigenvalue weighted by atomic mass is 10.2. The normalized spacial score (nSPS) is 22.2. The third-order valence-electron chi connectivity index (χ3n) is 3.21. The van der Waals surface area contributed by atoms with Crippen LogP contribution in [0.5, 0.6) is 0 Å². The van der Waals surface area contributed by atoms with Crippen molar-refractivity contribution < 1.29 is 0 Å². The first kappa shape index (κ1) is 28.2. The summed E-state index contributed by atoms with van der Waals surface area (Å²) in [6.07, 6.45) is 0. The van der Waals surface area contributed by atoms with Gasteiger partial charge in [-0.15, -0.1) is 0 Å². The van der Waals surface area contributed by atoms with Gasteiger partial charge >= 0.3 is 0 Å². The standard InChI is InChI=1S/C12H26S12/c13-1-5(15)9(19)11(21)7(17)3-23-24-4-8(18)12(22)10(20)6(16)2-14/h5-22H,1-4H2. The maximum atomic E-state index is 4.65. The van der Waals surface area contributed by atoms with E-state index in [1.165, 1.54) is 0 Å². The first-order chi connectivity index (χ1) is 11.2. The van der Waals surface area contributed by atoms with Crippen LogP contribution in [0.15, 0.2) is 0 Å². The summed E-state index contributed by atoms with van der Waals surface area (Å²) in [6, 6.07) is 0. The molecule has 0 N–H and O–H groups in total. The van der Waals surface area contributed by atoms with Gasteiger partial charge in [0.15, 0.2) is 0 Å². The summed E-state index contributed by atoms with van der Waals surface area (Å²) in [6.45, 7) is 0. The molecule has 0 aliphatic heterocycles. The topological polar surface area (TPSA) is 0 Å². The van der Waals surface area contributed by atoms with E-state index in [1.54, 1.807) is 21.6 Å². The van der Waals surface area contributed by atoms with E-state index in [2.05, 4.69) is 126 Å². The predicted molar refractivity (Wildman–Crippen MR) is 155 cm³/mol. The van der Waals surface area contributed by atoms with Crippen molar-refractivity contribution in [1.29, 1.82) is 0 Å². The lowest BCUT2D eigenvalue weighted by molar-refractivity contribution is 0.784. The highest BCUT2D eigenvalue weighted by atomic mass is 33.1. The summed E-state index contributed by atoms with van der Waals surface area (Å²) in [7, 11) is 3.54. The Hall–Kier alpha value is 4.20. The molecule has 8 atom stereocenters. The molecule has 0 heterocycles. The molecule has 0 spiro atoms. The van der Waals surface area contributed by atoms with Crippen LogP contribution < -0.4 is 0 Å². The zero-order valence-corrected chi connectivity index (χ0v) is 23.3. The largest absolute Gasteiger partial charge is 0.178 e. The van der Waals surface area contributed by atoms with E-state index >= 15 is 0 Å². The molecule has 0 aliphatic rings. The van der Waals surface area contributed by atoms with E-state index in [0.29, 0.717) is 11.5 Å². The Labute approximate surface area is 210 Å². The molecule has 0 nitrogen and oxygen atoms in total. The van der Waals surface area contributed by atoms with E-state index in [-0.39, 0.29) is 42.0 Å². The lowest BCUT2D eigenvalue weighted by Gasteiger charge is -2.28. The summed E-state index contributed by atoms with van der Waals surface area (Å²) in [5.41, 5.74) is 0. The van der Waals surface area contributed by atoms with Crippen LogP contribution in [0, 0.1) is 0 Å². The number of thiol groups is 10. The minimum Gasteiger partial charge on any atom is -0.178 e. The fraction of sp³-hybridized carbons (Fsp3) is 1.00. The maximum absolute atomic E-state index is 4.65. The summed E-state index contributed by atoms with van der Waals surface area (Å²) < 4.78 is 0. The second-order valence-corrected chi connectivity index (χ2v) is 13.5. The van der Waals surface area contributed by atoms with Crippen LogP contribution in [0.3, 0.4) is 0 Å². The number of hydrogen-bond acceptors (Lipinski definition) is 12. The van der Waals surface area contributed by atoms with Gasteiger partial charge in [0.05, 0.1) is 0 Å². The highest BCUT2D eigenvalue weighted by molar-refractivity contribution is 8.76. The zero-order chi connectivity index (χ0) is 18.9. The molecule has 0 saturated carbocycles. The minimum atomic E-state index is 0.0558. The molecule has 0 aromatic rings. The smallest absolute Gasteiger partial charge is 0.0269 e. The molecule has 146 valence electrons. The second kappa shape index (κ2) is 16.0. The molecule has 0 amide bonds. The Balaban J connectivity index is 4.11. The van der Waals surface area contributed by atoms with Crippen LogP contribution in [0.25, 0.3) is 0 Å². The highest BCUT2D eigenvalue weighted by Gasteiger charge is 2.28. The Morgan fingerprint density at radius 3 is 0.958 bits per heavy atom. The molecule has 8 unspecified atom stereocenters. The van der Waals surface area contributed by atoms with Crippen LogP contribution in [0.4, 0.5) is 0 Å². The minimum absolute atomic E-state index is 0.0558. The van der Waals surface area contributed by atoms with Crippen molar-refractivity contribution in [3.05, 3.63) is 0 Å².